The van der Waals surface area contributed by atoms with Crippen LogP contribution in [0, 0.1) is 0 Å². The Morgan fingerprint density at radius 2 is 2.62 bits per heavy atom. The monoisotopic (exact) mass is 178 g/mol. The summed E-state index contributed by atoms with van der Waals surface area (Å²) in [6.07, 6.45) is 1.61. The molecule has 1 atom stereocenters. The number of ether oxygens (including phenoxy) is 1. The van der Waals surface area contributed by atoms with Crippen LogP contribution in [0.1, 0.15) is 12.8 Å². The zero-order chi connectivity index (χ0) is 5.98. The van der Waals surface area contributed by atoms with E-state index in [1.807, 2.05) is 0 Å². The van der Waals surface area contributed by atoms with E-state index in [1.165, 1.54) is 0 Å². The van der Waals surface area contributed by atoms with Crippen molar-refractivity contribution in [1.29, 1.82) is 0 Å². The number of hydrogen-bond donors (Lipinski definition) is 0. The molecule has 1 aliphatic heterocycles. The second-order valence-electron chi connectivity index (χ2n) is 1.80. The molecule has 2 nitrogen and oxygen atoms in total. The van der Waals surface area contributed by atoms with Crippen molar-refractivity contribution in [2.45, 2.75) is 18.9 Å². The van der Waals surface area contributed by atoms with Gasteiger partial charge in [-0.15, -0.1) is 0 Å². The highest BCUT2D eigenvalue weighted by atomic mass is 79.9. The van der Waals surface area contributed by atoms with Crippen molar-refractivity contribution < 1.29 is 9.53 Å². The van der Waals surface area contributed by atoms with Crippen LogP contribution < -0.4 is 0 Å². The predicted octanol–water partition coefficient (Wildman–Crippen LogP) is 1.09. The SMILES string of the molecule is O=C1CC[C@H](CBr)O1. The van der Waals surface area contributed by atoms with Crippen LogP contribution in [0.2, 0.25) is 0 Å². The van der Waals surface area contributed by atoms with E-state index in [4.69, 9.17) is 4.74 Å². The van der Waals surface area contributed by atoms with Crippen molar-refractivity contribution in [3.8, 4) is 0 Å². The van der Waals surface area contributed by atoms with Gasteiger partial charge in [-0.25, -0.2) is 0 Å². The van der Waals surface area contributed by atoms with Crippen molar-refractivity contribution in [1.82, 2.24) is 0 Å². The highest BCUT2D eigenvalue weighted by Crippen LogP contribution is 2.14. The largest absolute Gasteiger partial charge is 0.461 e. The molecule has 1 saturated heterocycles. The first kappa shape index (κ1) is 6.08. The average molecular weight is 179 g/mol. The van der Waals surface area contributed by atoms with E-state index >= 15 is 0 Å². The average Bonchev–Trinajstić information content (AvgIpc) is 2.14. The number of cyclic esters (lactones) is 1. The Morgan fingerprint density at radius 1 is 1.88 bits per heavy atom. The predicted molar refractivity (Wildman–Crippen MR) is 32.9 cm³/mol. The molecule has 1 rings (SSSR count). The van der Waals surface area contributed by atoms with E-state index in [9.17, 15) is 4.79 Å². The van der Waals surface area contributed by atoms with Gasteiger partial charge in [-0.05, 0) is 6.42 Å². The third-order valence-electron chi connectivity index (χ3n) is 1.14. The molecule has 0 amide bonds. The summed E-state index contributed by atoms with van der Waals surface area (Å²) in [5.41, 5.74) is 0. The van der Waals surface area contributed by atoms with Gasteiger partial charge in [0.1, 0.15) is 6.10 Å². The lowest BCUT2D eigenvalue weighted by atomic mass is 10.3. The van der Waals surface area contributed by atoms with Crippen LogP contribution >= 0.6 is 15.9 Å². The molecule has 0 saturated carbocycles. The number of rotatable bonds is 1. The summed E-state index contributed by atoms with van der Waals surface area (Å²) in [6, 6.07) is 0. The topological polar surface area (TPSA) is 26.3 Å². The highest BCUT2D eigenvalue weighted by Gasteiger charge is 2.21. The Bertz CT molecular complexity index is 103. The van der Waals surface area contributed by atoms with Gasteiger partial charge in [0.2, 0.25) is 0 Å². The van der Waals surface area contributed by atoms with Crippen LogP contribution in [0.5, 0.6) is 0 Å². The number of hydrogen-bond acceptors (Lipinski definition) is 2. The first-order valence-electron chi connectivity index (χ1n) is 2.58. The number of carbonyl (C=O) groups excluding carboxylic acids is 1. The lowest BCUT2D eigenvalue weighted by molar-refractivity contribution is -0.140. The molecular weight excluding hydrogens is 172 g/mol. The Labute approximate surface area is 56.3 Å². The molecule has 1 heterocycles. The molecule has 0 aromatic carbocycles. The Morgan fingerprint density at radius 3 is 2.88 bits per heavy atom. The van der Waals surface area contributed by atoms with Crippen molar-refractivity contribution in [3.05, 3.63) is 0 Å². The fraction of sp³-hybridized carbons (Fsp3) is 0.800. The third-order valence-corrected chi connectivity index (χ3v) is 1.86. The molecule has 0 unspecified atom stereocenters. The summed E-state index contributed by atoms with van der Waals surface area (Å²) in [6.45, 7) is 0. The lowest BCUT2D eigenvalue weighted by Gasteiger charge is -2.00. The van der Waals surface area contributed by atoms with E-state index in [0.717, 1.165) is 11.8 Å². The second kappa shape index (κ2) is 2.49. The van der Waals surface area contributed by atoms with Gasteiger partial charge in [-0.1, -0.05) is 15.9 Å². The zero-order valence-corrected chi connectivity index (χ0v) is 5.98. The number of esters is 1. The maximum atomic E-state index is 10.4. The van der Waals surface area contributed by atoms with Crippen LogP contribution in [-0.4, -0.2) is 17.4 Å². The zero-order valence-electron chi connectivity index (χ0n) is 4.39. The van der Waals surface area contributed by atoms with E-state index < -0.39 is 0 Å². The van der Waals surface area contributed by atoms with Crippen LogP contribution in [-0.2, 0) is 9.53 Å². The van der Waals surface area contributed by atoms with Crippen LogP contribution in [0.3, 0.4) is 0 Å². The lowest BCUT2D eigenvalue weighted by Crippen LogP contribution is -2.06. The first-order valence-corrected chi connectivity index (χ1v) is 3.70. The van der Waals surface area contributed by atoms with Crippen molar-refractivity contribution >= 4 is 21.9 Å². The first-order chi connectivity index (χ1) is 3.83. The summed E-state index contributed by atoms with van der Waals surface area (Å²) in [5, 5.41) is 0.777. The molecule has 8 heavy (non-hydrogen) atoms. The van der Waals surface area contributed by atoms with Crippen LogP contribution in [0.15, 0.2) is 0 Å². The van der Waals surface area contributed by atoms with Gasteiger partial charge in [-0.2, -0.15) is 0 Å². The Balaban J connectivity index is 2.32. The van der Waals surface area contributed by atoms with Crippen molar-refractivity contribution in [2.24, 2.45) is 0 Å². The maximum absolute atomic E-state index is 10.4. The molecule has 3 heteroatoms. The maximum Gasteiger partial charge on any atom is 0.306 e. The number of carbonyl (C=O) groups is 1. The molecule has 0 aliphatic carbocycles. The van der Waals surface area contributed by atoms with Gasteiger partial charge in [0, 0.05) is 11.8 Å². The standard InChI is InChI=1S/C5H7BrO2/c6-3-4-1-2-5(7)8-4/h4H,1-3H2/t4-/m1/s1. The number of halogens is 1. The van der Waals surface area contributed by atoms with Crippen LogP contribution in [0.4, 0.5) is 0 Å². The molecule has 0 aromatic heterocycles. The Kier molecular flexibility index (Phi) is 1.89. The molecule has 0 radical (unpaired) electrons. The van der Waals surface area contributed by atoms with E-state index in [-0.39, 0.29) is 12.1 Å². The van der Waals surface area contributed by atoms with Crippen molar-refractivity contribution in [3.63, 3.8) is 0 Å². The summed E-state index contributed by atoms with van der Waals surface area (Å²) >= 11 is 3.23. The molecule has 0 spiro atoms. The van der Waals surface area contributed by atoms with Gasteiger partial charge in [0.15, 0.2) is 0 Å². The quantitative estimate of drug-likeness (QED) is 0.444. The summed E-state index contributed by atoms with van der Waals surface area (Å²) < 4.78 is 4.82. The van der Waals surface area contributed by atoms with Gasteiger partial charge in [-0.3, -0.25) is 4.79 Å². The summed E-state index contributed by atoms with van der Waals surface area (Å²) in [4.78, 5) is 10.4. The third kappa shape index (κ3) is 1.22. The second-order valence-corrected chi connectivity index (χ2v) is 2.45. The summed E-state index contributed by atoms with van der Waals surface area (Å²) in [7, 11) is 0. The van der Waals surface area contributed by atoms with Gasteiger partial charge >= 0.3 is 5.97 Å². The minimum Gasteiger partial charge on any atom is -0.461 e. The molecule has 0 N–H and O–H groups in total. The fourth-order valence-corrected chi connectivity index (χ4v) is 1.15. The smallest absolute Gasteiger partial charge is 0.306 e. The summed E-state index contributed by atoms with van der Waals surface area (Å²) in [5.74, 6) is -0.0607. The van der Waals surface area contributed by atoms with Crippen LogP contribution in [0.25, 0.3) is 0 Å². The minimum absolute atomic E-state index is 0.0607. The molecule has 0 bridgehead atoms. The molecule has 1 fully saturated rings. The fourth-order valence-electron chi connectivity index (χ4n) is 0.691. The normalized spacial score (nSPS) is 28.1. The van der Waals surface area contributed by atoms with E-state index in [2.05, 4.69) is 15.9 Å². The van der Waals surface area contributed by atoms with Gasteiger partial charge in [0.25, 0.3) is 0 Å². The molecule has 46 valence electrons. The molecule has 0 aromatic rings. The van der Waals surface area contributed by atoms with Gasteiger partial charge in [0.05, 0.1) is 0 Å². The van der Waals surface area contributed by atoms with E-state index in [1.54, 1.807) is 0 Å². The van der Waals surface area contributed by atoms with E-state index in [0.29, 0.717) is 6.42 Å². The number of alkyl halides is 1. The molecular formula is C5H7BrO2. The van der Waals surface area contributed by atoms with Gasteiger partial charge < -0.3 is 4.74 Å². The highest BCUT2D eigenvalue weighted by molar-refractivity contribution is 9.09. The Hall–Kier alpha value is -0.0500. The minimum atomic E-state index is -0.0607. The molecule has 1 aliphatic rings. The van der Waals surface area contributed by atoms with Crippen molar-refractivity contribution in [2.75, 3.05) is 5.33 Å².